The molecular weight excluding hydrogens is 264 g/mol. The van der Waals surface area contributed by atoms with Crippen molar-refractivity contribution in [1.29, 1.82) is 0 Å². The Hall–Kier alpha value is -1.89. The molecule has 1 aliphatic heterocycles. The van der Waals surface area contributed by atoms with Crippen LogP contribution in [-0.2, 0) is 4.74 Å². The highest BCUT2D eigenvalue weighted by molar-refractivity contribution is 7.80. The van der Waals surface area contributed by atoms with Crippen LogP contribution in [0.5, 0.6) is 0 Å². The van der Waals surface area contributed by atoms with Gasteiger partial charge < -0.3 is 20.7 Å². The standard InChI is InChI=1S/C12H16N4O2S/c1-18-12(17)15-9-4-5-16(7-9)10-3-2-8(6-14-10)11(13)19/h2-3,6,9H,4-5,7H2,1H3,(H2,13,19)(H,15,17). The predicted molar refractivity (Wildman–Crippen MR) is 76.3 cm³/mol. The highest BCUT2D eigenvalue weighted by Crippen LogP contribution is 2.18. The van der Waals surface area contributed by atoms with Crippen LogP contribution in [0.4, 0.5) is 10.6 Å². The van der Waals surface area contributed by atoms with E-state index in [9.17, 15) is 4.79 Å². The molecule has 3 N–H and O–H groups in total. The fraction of sp³-hybridized carbons (Fsp3) is 0.417. The lowest BCUT2D eigenvalue weighted by Gasteiger charge is -2.17. The molecule has 1 aromatic rings. The van der Waals surface area contributed by atoms with Gasteiger partial charge in [-0.25, -0.2) is 9.78 Å². The lowest BCUT2D eigenvalue weighted by atomic mass is 10.3. The van der Waals surface area contributed by atoms with Crippen LogP contribution in [0.15, 0.2) is 18.3 Å². The number of carbonyl (C=O) groups is 1. The monoisotopic (exact) mass is 280 g/mol. The molecule has 0 spiro atoms. The van der Waals surface area contributed by atoms with Crippen LogP contribution in [0, 0.1) is 0 Å². The number of alkyl carbamates (subject to hydrolysis) is 1. The number of aromatic nitrogens is 1. The second-order valence-electron chi connectivity index (χ2n) is 4.34. The Morgan fingerprint density at radius 3 is 3.00 bits per heavy atom. The second kappa shape index (κ2) is 5.83. The number of thiocarbonyl (C=S) groups is 1. The number of nitrogens with one attached hydrogen (secondary N) is 1. The van der Waals surface area contributed by atoms with E-state index in [2.05, 4.69) is 19.9 Å². The highest BCUT2D eigenvalue weighted by Gasteiger charge is 2.24. The molecule has 6 nitrogen and oxygen atoms in total. The van der Waals surface area contributed by atoms with Gasteiger partial charge in [0.2, 0.25) is 0 Å². The maximum absolute atomic E-state index is 11.1. The largest absolute Gasteiger partial charge is 0.453 e. The number of hydrogen-bond donors (Lipinski definition) is 2. The molecule has 102 valence electrons. The zero-order valence-corrected chi connectivity index (χ0v) is 11.4. The second-order valence-corrected chi connectivity index (χ2v) is 4.78. The zero-order chi connectivity index (χ0) is 13.8. The maximum Gasteiger partial charge on any atom is 0.407 e. The SMILES string of the molecule is COC(=O)NC1CCN(c2ccc(C(N)=S)cn2)C1. The number of rotatable bonds is 3. The third-order valence-electron chi connectivity index (χ3n) is 3.05. The van der Waals surface area contributed by atoms with E-state index in [0.29, 0.717) is 11.5 Å². The molecule has 2 rings (SSSR count). The van der Waals surface area contributed by atoms with Crippen molar-refractivity contribution >= 4 is 29.1 Å². The van der Waals surface area contributed by atoms with Gasteiger partial charge in [0, 0.05) is 24.8 Å². The third-order valence-corrected chi connectivity index (χ3v) is 3.29. The van der Waals surface area contributed by atoms with Crippen LogP contribution in [0.25, 0.3) is 0 Å². The van der Waals surface area contributed by atoms with E-state index in [1.54, 1.807) is 6.20 Å². The van der Waals surface area contributed by atoms with Gasteiger partial charge in [-0.05, 0) is 18.6 Å². The van der Waals surface area contributed by atoms with Crippen LogP contribution in [0.2, 0.25) is 0 Å². The van der Waals surface area contributed by atoms with Gasteiger partial charge in [-0.1, -0.05) is 12.2 Å². The first-order chi connectivity index (χ1) is 9.10. The van der Waals surface area contributed by atoms with Crippen molar-refractivity contribution < 1.29 is 9.53 Å². The van der Waals surface area contributed by atoms with Crippen molar-refractivity contribution in [1.82, 2.24) is 10.3 Å². The zero-order valence-electron chi connectivity index (χ0n) is 10.6. The Morgan fingerprint density at radius 1 is 1.63 bits per heavy atom. The van der Waals surface area contributed by atoms with Gasteiger partial charge >= 0.3 is 6.09 Å². The molecule has 2 heterocycles. The molecule has 0 radical (unpaired) electrons. The summed E-state index contributed by atoms with van der Waals surface area (Å²) in [5.74, 6) is 0.856. The molecule has 1 aliphatic rings. The third kappa shape index (κ3) is 3.31. The van der Waals surface area contributed by atoms with E-state index < -0.39 is 6.09 Å². The van der Waals surface area contributed by atoms with Crippen molar-refractivity contribution in [3.63, 3.8) is 0 Å². The van der Waals surface area contributed by atoms with E-state index in [4.69, 9.17) is 18.0 Å². The first-order valence-electron chi connectivity index (χ1n) is 5.95. The Bertz CT molecular complexity index is 477. The fourth-order valence-electron chi connectivity index (χ4n) is 2.03. The van der Waals surface area contributed by atoms with E-state index >= 15 is 0 Å². The first-order valence-corrected chi connectivity index (χ1v) is 6.36. The number of methoxy groups -OCH3 is 1. The Kier molecular flexibility index (Phi) is 4.16. The number of anilines is 1. The Labute approximate surface area is 116 Å². The van der Waals surface area contributed by atoms with Crippen LogP contribution < -0.4 is 16.0 Å². The van der Waals surface area contributed by atoms with E-state index in [1.165, 1.54) is 7.11 Å². The average Bonchev–Trinajstić information content (AvgIpc) is 2.87. The van der Waals surface area contributed by atoms with E-state index in [-0.39, 0.29) is 6.04 Å². The summed E-state index contributed by atoms with van der Waals surface area (Å²) in [4.78, 5) is 17.9. The molecular formula is C12H16N4O2S. The number of nitrogens with two attached hydrogens (primary N) is 1. The Balaban J connectivity index is 1.96. The fourth-order valence-corrected chi connectivity index (χ4v) is 2.15. The lowest BCUT2D eigenvalue weighted by Crippen LogP contribution is -2.37. The normalized spacial score (nSPS) is 18.2. The maximum atomic E-state index is 11.1. The van der Waals surface area contributed by atoms with Crippen molar-refractivity contribution in [2.75, 3.05) is 25.1 Å². The molecule has 1 aromatic heterocycles. The molecule has 0 saturated carbocycles. The first kappa shape index (κ1) is 13.5. The van der Waals surface area contributed by atoms with Gasteiger partial charge in [-0.3, -0.25) is 0 Å². The molecule has 1 amide bonds. The van der Waals surface area contributed by atoms with Crippen LogP contribution in [-0.4, -0.2) is 42.3 Å². The highest BCUT2D eigenvalue weighted by atomic mass is 32.1. The molecule has 1 fully saturated rings. The summed E-state index contributed by atoms with van der Waals surface area (Å²) in [7, 11) is 1.36. The van der Waals surface area contributed by atoms with Crippen molar-refractivity contribution in [3.05, 3.63) is 23.9 Å². The van der Waals surface area contributed by atoms with Crippen molar-refractivity contribution in [2.45, 2.75) is 12.5 Å². The smallest absolute Gasteiger partial charge is 0.407 e. The lowest BCUT2D eigenvalue weighted by molar-refractivity contribution is 0.167. The van der Waals surface area contributed by atoms with Gasteiger partial charge in [0.1, 0.15) is 10.8 Å². The van der Waals surface area contributed by atoms with Gasteiger partial charge in [-0.2, -0.15) is 0 Å². The average molecular weight is 280 g/mol. The number of amides is 1. The number of ether oxygens (including phenoxy) is 1. The molecule has 0 aromatic carbocycles. The van der Waals surface area contributed by atoms with Crippen LogP contribution >= 0.6 is 12.2 Å². The van der Waals surface area contributed by atoms with Crippen LogP contribution in [0.1, 0.15) is 12.0 Å². The van der Waals surface area contributed by atoms with Gasteiger partial charge in [0.05, 0.1) is 13.2 Å². The number of hydrogen-bond acceptors (Lipinski definition) is 5. The van der Waals surface area contributed by atoms with Gasteiger partial charge in [0.25, 0.3) is 0 Å². The van der Waals surface area contributed by atoms with Gasteiger partial charge in [0.15, 0.2) is 0 Å². The summed E-state index contributed by atoms with van der Waals surface area (Å²) in [6.07, 6.45) is 2.13. The summed E-state index contributed by atoms with van der Waals surface area (Å²) >= 11 is 4.88. The molecule has 0 bridgehead atoms. The minimum absolute atomic E-state index is 0.0875. The van der Waals surface area contributed by atoms with E-state index in [1.807, 2.05) is 12.1 Å². The molecule has 1 unspecified atom stereocenters. The van der Waals surface area contributed by atoms with Crippen LogP contribution in [0.3, 0.4) is 0 Å². The summed E-state index contributed by atoms with van der Waals surface area (Å²) < 4.78 is 4.58. The number of nitrogens with zero attached hydrogens (tertiary/aromatic N) is 2. The molecule has 7 heteroatoms. The van der Waals surface area contributed by atoms with E-state index in [0.717, 1.165) is 24.3 Å². The topological polar surface area (TPSA) is 80.5 Å². The minimum atomic E-state index is -0.399. The molecule has 19 heavy (non-hydrogen) atoms. The van der Waals surface area contributed by atoms with Gasteiger partial charge in [-0.15, -0.1) is 0 Å². The minimum Gasteiger partial charge on any atom is -0.453 e. The molecule has 1 atom stereocenters. The summed E-state index contributed by atoms with van der Waals surface area (Å²) in [6, 6.07) is 3.82. The summed E-state index contributed by atoms with van der Waals surface area (Å²) in [5, 5.41) is 2.79. The van der Waals surface area contributed by atoms with Crippen molar-refractivity contribution in [3.8, 4) is 0 Å². The molecule has 1 saturated heterocycles. The predicted octanol–water partition coefficient (Wildman–Crippen LogP) is 0.651. The number of pyridine rings is 1. The number of carbonyl (C=O) groups excluding carboxylic acids is 1. The molecule has 0 aliphatic carbocycles. The van der Waals surface area contributed by atoms with Crippen molar-refractivity contribution in [2.24, 2.45) is 5.73 Å². The quantitative estimate of drug-likeness (QED) is 0.791. The summed E-state index contributed by atoms with van der Waals surface area (Å²) in [5.41, 5.74) is 6.28. The Morgan fingerprint density at radius 2 is 2.42 bits per heavy atom. The summed E-state index contributed by atoms with van der Waals surface area (Å²) in [6.45, 7) is 1.56.